The van der Waals surface area contributed by atoms with Crippen molar-refractivity contribution in [3.8, 4) is 0 Å². The van der Waals surface area contributed by atoms with Crippen LogP contribution >= 0.6 is 0 Å². The molecule has 0 aliphatic carbocycles. The molecule has 0 radical (unpaired) electrons. The van der Waals surface area contributed by atoms with Crippen LogP contribution in [-0.2, 0) is 9.84 Å². The summed E-state index contributed by atoms with van der Waals surface area (Å²) in [5, 5.41) is 9.61. The standard InChI is InChI=1S/C9H16O3S/c1-7(2)5-9(10)8-3-4-13(11,12)6-8/h5,8-10H,3-4,6H2,1-2H3. The smallest absolute Gasteiger partial charge is 0.150 e. The van der Waals surface area contributed by atoms with Gasteiger partial charge in [-0.05, 0) is 20.3 Å². The third kappa shape index (κ3) is 3.12. The van der Waals surface area contributed by atoms with Gasteiger partial charge in [0.25, 0.3) is 0 Å². The zero-order valence-electron chi connectivity index (χ0n) is 8.03. The topological polar surface area (TPSA) is 54.4 Å². The van der Waals surface area contributed by atoms with Crippen LogP contribution in [-0.4, -0.2) is 31.1 Å². The summed E-state index contributed by atoms with van der Waals surface area (Å²) in [5.41, 5.74) is 1.02. The number of aliphatic hydroxyl groups is 1. The number of rotatable bonds is 2. The number of hydrogen-bond acceptors (Lipinski definition) is 3. The van der Waals surface area contributed by atoms with Gasteiger partial charge in [0.2, 0.25) is 0 Å². The molecule has 0 aromatic rings. The Labute approximate surface area is 79.4 Å². The molecular formula is C9H16O3S. The predicted octanol–water partition coefficient (Wildman–Crippen LogP) is 0.748. The van der Waals surface area contributed by atoms with E-state index < -0.39 is 15.9 Å². The summed E-state index contributed by atoms with van der Waals surface area (Å²) in [5.74, 6) is 0.267. The van der Waals surface area contributed by atoms with Gasteiger partial charge in [0.15, 0.2) is 9.84 Å². The highest BCUT2D eigenvalue weighted by Crippen LogP contribution is 2.22. The molecular weight excluding hydrogens is 188 g/mol. The van der Waals surface area contributed by atoms with E-state index in [9.17, 15) is 13.5 Å². The van der Waals surface area contributed by atoms with Gasteiger partial charge >= 0.3 is 0 Å². The first-order valence-electron chi connectivity index (χ1n) is 4.44. The average molecular weight is 204 g/mol. The molecule has 0 aromatic heterocycles. The maximum absolute atomic E-state index is 11.1. The summed E-state index contributed by atoms with van der Waals surface area (Å²) < 4.78 is 22.2. The van der Waals surface area contributed by atoms with Gasteiger partial charge < -0.3 is 5.11 Å². The Bertz CT molecular complexity index is 299. The zero-order chi connectivity index (χ0) is 10.1. The second kappa shape index (κ2) is 3.80. The van der Waals surface area contributed by atoms with Crippen molar-refractivity contribution in [2.45, 2.75) is 26.4 Å². The summed E-state index contributed by atoms with van der Waals surface area (Å²) in [7, 11) is -2.87. The predicted molar refractivity (Wildman–Crippen MR) is 52.2 cm³/mol. The first-order chi connectivity index (χ1) is 5.91. The molecule has 1 heterocycles. The summed E-state index contributed by atoms with van der Waals surface area (Å²) in [6.45, 7) is 3.79. The van der Waals surface area contributed by atoms with Crippen molar-refractivity contribution >= 4 is 9.84 Å². The Morgan fingerprint density at radius 2 is 2.15 bits per heavy atom. The number of aliphatic hydroxyl groups excluding tert-OH is 1. The van der Waals surface area contributed by atoms with Gasteiger partial charge in [-0.25, -0.2) is 8.42 Å². The largest absolute Gasteiger partial charge is 0.389 e. The normalized spacial score (nSPS) is 28.4. The third-order valence-electron chi connectivity index (χ3n) is 2.25. The molecule has 1 fully saturated rings. The second-order valence-corrected chi connectivity index (χ2v) is 6.13. The van der Waals surface area contributed by atoms with E-state index in [1.54, 1.807) is 6.08 Å². The van der Waals surface area contributed by atoms with E-state index in [-0.39, 0.29) is 17.4 Å². The van der Waals surface area contributed by atoms with Crippen molar-refractivity contribution in [3.05, 3.63) is 11.6 Å². The lowest BCUT2D eigenvalue weighted by Gasteiger charge is -2.12. The second-order valence-electron chi connectivity index (χ2n) is 3.90. The van der Waals surface area contributed by atoms with Gasteiger partial charge in [-0.3, -0.25) is 0 Å². The number of sulfone groups is 1. The number of hydrogen-bond donors (Lipinski definition) is 1. The van der Waals surface area contributed by atoms with Crippen LogP contribution in [0.5, 0.6) is 0 Å². The van der Waals surface area contributed by atoms with Crippen LogP contribution in [0.3, 0.4) is 0 Å². The van der Waals surface area contributed by atoms with Gasteiger partial charge in [-0.1, -0.05) is 11.6 Å². The monoisotopic (exact) mass is 204 g/mol. The molecule has 0 spiro atoms. The Hall–Kier alpha value is -0.350. The molecule has 1 aliphatic heterocycles. The summed E-state index contributed by atoms with van der Waals surface area (Å²) in [6, 6.07) is 0. The summed E-state index contributed by atoms with van der Waals surface area (Å²) >= 11 is 0. The summed E-state index contributed by atoms with van der Waals surface area (Å²) in [6.07, 6.45) is 1.72. The molecule has 13 heavy (non-hydrogen) atoms. The minimum absolute atomic E-state index is 0.0973. The fourth-order valence-electron chi connectivity index (χ4n) is 1.57. The van der Waals surface area contributed by atoms with E-state index in [0.717, 1.165) is 5.57 Å². The Kier molecular flexibility index (Phi) is 3.14. The number of allylic oxidation sites excluding steroid dienone is 1. The van der Waals surface area contributed by atoms with E-state index >= 15 is 0 Å². The van der Waals surface area contributed by atoms with Gasteiger partial charge in [0.1, 0.15) is 0 Å². The molecule has 1 rings (SSSR count). The van der Waals surface area contributed by atoms with Gasteiger partial charge in [-0.2, -0.15) is 0 Å². The maximum atomic E-state index is 11.1. The fraction of sp³-hybridized carbons (Fsp3) is 0.778. The molecule has 76 valence electrons. The van der Waals surface area contributed by atoms with Gasteiger partial charge in [0, 0.05) is 5.92 Å². The van der Waals surface area contributed by atoms with Crippen LogP contribution in [0.2, 0.25) is 0 Å². The van der Waals surface area contributed by atoms with Crippen molar-refractivity contribution < 1.29 is 13.5 Å². The van der Waals surface area contributed by atoms with Crippen LogP contribution in [0, 0.1) is 5.92 Å². The van der Waals surface area contributed by atoms with Crippen LogP contribution in [0.15, 0.2) is 11.6 Å². The quantitative estimate of drug-likeness (QED) is 0.675. The molecule has 0 aromatic carbocycles. The van der Waals surface area contributed by atoms with E-state index in [0.29, 0.717) is 6.42 Å². The van der Waals surface area contributed by atoms with Crippen molar-refractivity contribution in [3.63, 3.8) is 0 Å². The highest BCUT2D eigenvalue weighted by molar-refractivity contribution is 7.91. The van der Waals surface area contributed by atoms with Gasteiger partial charge in [-0.15, -0.1) is 0 Å². The molecule has 3 nitrogen and oxygen atoms in total. The Morgan fingerprint density at radius 3 is 2.54 bits per heavy atom. The average Bonchev–Trinajstić information content (AvgIpc) is 2.28. The lowest BCUT2D eigenvalue weighted by atomic mass is 10.0. The van der Waals surface area contributed by atoms with E-state index in [1.165, 1.54) is 0 Å². The van der Waals surface area contributed by atoms with E-state index in [2.05, 4.69) is 0 Å². The highest BCUT2D eigenvalue weighted by atomic mass is 32.2. The van der Waals surface area contributed by atoms with E-state index in [1.807, 2.05) is 13.8 Å². The first kappa shape index (κ1) is 10.7. The van der Waals surface area contributed by atoms with Crippen LogP contribution in [0.1, 0.15) is 20.3 Å². The molecule has 1 saturated heterocycles. The Morgan fingerprint density at radius 1 is 1.54 bits per heavy atom. The molecule has 0 bridgehead atoms. The van der Waals surface area contributed by atoms with Gasteiger partial charge in [0.05, 0.1) is 17.6 Å². The van der Waals surface area contributed by atoms with Crippen molar-refractivity contribution in [1.29, 1.82) is 0 Å². The highest BCUT2D eigenvalue weighted by Gasteiger charge is 2.31. The van der Waals surface area contributed by atoms with Crippen molar-refractivity contribution in [2.24, 2.45) is 5.92 Å². The molecule has 1 N–H and O–H groups in total. The van der Waals surface area contributed by atoms with Crippen LogP contribution in [0.4, 0.5) is 0 Å². The van der Waals surface area contributed by atoms with Crippen LogP contribution < -0.4 is 0 Å². The Balaban J connectivity index is 2.62. The van der Waals surface area contributed by atoms with Crippen molar-refractivity contribution in [2.75, 3.05) is 11.5 Å². The SMILES string of the molecule is CC(C)=CC(O)C1CCS(=O)(=O)C1. The maximum Gasteiger partial charge on any atom is 0.150 e. The van der Waals surface area contributed by atoms with Crippen molar-refractivity contribution in [1.82, 2.24) is 0 Å². The molecule has 1 aliphatic rings. The lowest BCUT2D eigenvalue weighted by Crippen LogP contribution is -2.19. The molecule has 2 atom stereocenters. The third-order valence-corrected chi connectivity index (χ3v) is 4.05. The molecule has 2 unspecified atom stereocenters. The minimum Gasteiger partial charge on any atom is -0.389 e. The lowest BCUT2D eigenvalue weighted by molar-refractivity contribution is 0.165. The van der Waals surface area contributed by atoms with Crippen LogP contribution in [0.25, 0.3) is 0 Å². The van der Waals surface area contributed by atoms with E-state index in [4.69, 9.17) is 0 Å². The summed E-state index contributed by atoms with van der Waals surface area (Å²) in [4.78, 5) is 0. The molecule has 0 amide bonds. The zero-order valence-corrected chi connectivity index (χ0v) is 8.84. The molecule has 0 saturated carbocycles. The minimum atomic E-state index is -2.87. The molecule has 4 heteroatoms. The first-order valence-corrected chi connectivity index (χ1v) is 6.26. The fourth-order valence-corrected chi connectivity index (χ4v) is 3.42.